The molecule has 0 aliphatic carbocycles. The topological polar surface area (TPSA) is 55.4 Å². The summed E-state index contributed by atoms with van der Waals surface area (Å²) in [7, 11) is 0.0565. The second-order valence-corrected chi connectivity index (χ2v) is 8.00. The second kappa shape index (κ2) is 6.43. The lowest BCUT2D eigenvalue weighted by molar-refractivity contribution is 0.397. The normalized spacial score (nSPS) is 15.1. The average Bonchev–Trinajstić information content (AvgIpc) is 2.28. The summed E-state index contributed by atoms with van der Waals surface area (Å²) >= 11 is 9.40. The van der Waals surface area contributed by atoms with Gasteiger partial charge in [0.05, 0.1) is 22.9 Å². The van der Waals surface area contributed by atoms with Crippen LogP contribution in [0.1, 0.15) is 18.5 Å². The van der Waals surface area contributed by atoms with Crippen LogP contribution in [-0.4, -0.2) is 34.1 Å². The molecule has 0 spiro atoms. The predicted molar refractivity (Wildman–Crippen MR) is 81.8 cm³/mol. The average molecular weight is 371 g/mol. The first-order valence-electron chi connectivity index (χ1n) is 5.61. The number of hydrogen-bond donors (Lipinski definition) is 1. The lowest BCUT2D eigenvalue weighted by Gasteiger charge is -2.25. The summed E-state index contributed by atoms with van der Waals surface area (Å²) in [4.78, 5) is 0. The molecule has 0 aliphatic heterocycles. The van der Waals surface area contributed by atoms with Crippen LogP contribution in [0, 0.1) is 0 Å². The molecule has 0 aromatic heterocycles. The van der Waals surface area contributed by atoms with Crippen molar-refractivity contribution in [1.82, 2.24) is 5.32 Å². The van der Waals surface area contributed by atoms with E-state index in [9.17, 15) is 8.42 Å². The minimum atomic E-state index is -3.19. The first kappa shape index (κ1) is 16.8. The molecule has 0 fully saturated rings. The number of methoxy groups -OCH3 is 1. The predicted octanol–water partition coefficient (Wildman–Crippen LogP) is 2.80. The summed E-state index contributed by atoms with van der Waals surface area (Å²) in [6.07, 6.45) is 1.22. The number of nitrogens with one attached hydrogen (secondary N) is 1. The van der Waals surface area contributed by atoms with Gasteiger partial charge in [-0.05, 0) is 42.0 Å². The van der Waals surface area contributed by atoms with Crippen LogP contribution in [0.4, 0.5) is 0 Å². The highest BCUT2D eigenvalue weighted by atomic mass is 79.9. The van der Waals surface area contributed by atoms with E-state index in [-0.39, 0.29) is 0 Å². The molecule has 1 N–H and O–H groups in total. The molecular weight excluding hydrogens is 354 g/mol. The zero-order chi connectivity index (χ0) is 14.8. The second-order valence-electron chi connectivity index (χ2n) is 4.31. The summed E-state index contributed by atoms with van der Waals surface area (Å²) < 4.78 is 29.5. The standard InChI is InChI=1S/C12H17BrClNO3S/c1-7(19(4,16)17)11(15-2)9-5-8(14)6-10(13)12(9)18-3/h5-7,11,15H,1-4H3. The Hall–Kier alpha value is -0.300. The van der Waals surface area contributed by atoms with Gasteiger partial charge >= 0.3 is 0 Å². The Kier molecular flexibility index (Phi) is 5.67. The molecule has 0 bridgehead atoms. The van der Waals surface area contributed by atoms with Crippen LogP contribution < -0.4 is 10.1 Å². The maximum Gasteiger partial charge on any atom is 0.151 e. The van der Waals surface area contributed by atoms with Crippen LogP contribution in [0.3, 0.4) is 0 Å². The molecule has 0 saturated carbocycles. The Morgan fingerprint density at radius 3 is 2.42 bits per heavy atom. The SMILES string of the molecule is CNC(c1cc(Cl)cc(Br)c1OC)C(C)S(C)(=O)=O. The van der Waals surface area contributed by atoms with Crippen LogP contribution >= 0.6 is 27.5 Å². The van der Waals surface area contributed by atoms with E-state index in [0.29, 0.717) is 20.8 Å². The third kappa shape index (κ3) is 3.84. The first-order valence-corrected chi connectivity index (χ1v) is 8.74. The fourth-order valence-electron chi connectivity index (χ4n) is 1.92. The van der Waals surface area contributed by atoms with E-state index in [2.05, 4.69) is 21.2 Å². The Bertz CT molecular complexity index is 562. The number of ether oxygens (including phenoxy) is 1. The number of halogens is 2. The highest BCUT2D eigenvalue weighted by molar-refractivity contribution is 9.10. The van der Waals surface area contributed by atoms with E-state index in [1.165, 1.54) is 13.4 Å². The molecule has 7 heteroatoms. The van der Waals surface area contributed by atoms with Crippen molar-refractivity contribution in [3.8, 4) is 5.75 Å². The van der Waals surface area contributed by atoms with Crippen molar-refractivity contribution >= 4 is 37.4 Å². The van der Waals surface area contributed by atoms with Gasteiger partial charge in [0.15, 0.2) is 9.84 Å². The van der Waals surface area contributed by atoms with E-state index in [4.69, 9.17) is 16.3 Å². The highest BCUT2D eigenvalue weighted by Gasteiger charge is 2.29. The van der Waals surface area contributed by atoms with Crippen LogP contribution in [0.5, 0.6) is 5.75 Å². The molecule has 0 saturated heterocycles. The molecule has 2 atom stereocenters. The van der Waals surface area contributed by atoms with Crippen LogP contribution in [0.15, 0.2) is 16.6 Å². The summed E-state index contributed by atoms with van der Waals surface area (Å²) in [6.45, 7) is 1.66. The first-order chi connectivity index (χ1) is 8.72. The molecule has 1 aromatic rings. The monoisotopic (exact) mass is 369 g/mol. The van der Waals surface area contributed by atoms with E-state index < -0.39 is 21.1 Å². The van der Waals surface area contributed by atoms with Gasteiger partial charge in [0, 0.05) is 16.8 Å². The van der Waals surface area contributed by atoms with E-state index in [1.807, 2.05) is 0 Å². The maximum absolute atomic E-state index is 11.7. The van der Waals surface area contributed by atoms with Crippen molar-refractivity contribution in [1.29, 1.82) is 0 Å². The lowest BCUT2D eigenvalue weighted by atomic mass is 10.0. The molecule has 1 rings (SSSR count). The Balaban J connectivity index is 3.41. The van der Waals surface area contributed by atoms with Gasteiger partial charge < -0.3 is 10.1 Å². The quantitative estimate of drug-likeness (QED) is 0.866. The van der Waals surface area contributed by atoms with Gasteiger partial charge in [-0.3, -0.25) is 0 Å². The molecular formula is C12H17BrClNO3S. The number of benzene rings is 1. The van der Waals surface area contributed by atoms with Gasteiger partial charge in [-0.15, -0.1) is 0 Å². The van der Waals surface area contributed by atoms with Crippen molar-refractivity contribution in [2.45, 2.75) is 18.2 Å². The van der Waals surface area contributed by atoms with E-state index in [1.54, 1.807) is 26.1 Å². The Morgan fingerprint density at radius 1 is 1.42 bits per heavy atom. The molecule has 0 heterocycles. The molecule has 0 amide bonds. The fourth-order valence-corrected chi connectivity index (χ4v) is 3.69. The summed E-state index contributed by atoms with van der Waals surface area (Å²) in [6, 6.07) is 3.02. The van der Waals surface area contributed by atoms with Gasteiger partial charge in [-0.1, -0.05) is 11.6 Å². The number of rotatable bonds is 5. The van der Waals surface area contributed by atoms with Gasteiger partial charge in [0.2, 0.25) is 0 Å². The molecule has 108 valence electrons. The van der Waals surface area contributed by atoms with E-state index >= 15 is 0 Å². The summed E-state index contributed by atoms with van der Waals surface area (Å²) in [5.74, 6) is 0.583. The highest BCUT2D eigenvalue weighted by Crippen LogP contribution is 2.37. The van der Waals surface area contributed by atoms with Crippen molar-refractivity contribution in [2.75, 3.05) is 20.4 Å². The van der Waals surface area contributed by atoms with Gasteiger partial charge in [0.1, 0.15) is 5.75 Å². The Labute approximate surface area is 127 Å². The van der Waals surface area contributed by atoms with Crippen LogP contribution in [0.2, 0.25) is 5.02 Å². The molecule has 2 unspecified atom stereocenters. The van der Waals surface area contributed by atoms with Gasteiger partial charge in [0.25, 0.3) is 0 Å². The summed E-state index contributed by atoms with van der Waals surface area (Å²) in [5.41, 5.74) is 0.710. The van der Waals surface area contributed by atoms with Crippen molar-refractivity contribution in [3.05, 3.63) is 27.2 Å². The molecule has 0 aliphatic rings. The zero-order valence-corrected chi connectivity index (χ0v) is 14.4. The summed E-state index contributed by atoms with van der Waals surface area (Å²) in [5, 5.41) is 2.93. The molecule has 4 nitrogen and oxygen atoms in total. The fraction of sp³-hybridized carbons (Fsp3) is 0.500. The third-order valence-electron chi connectivity index (χ3n) is 3.03. The lowest BCUT2D eigenvalue weighted by Crippen LogP contribution is -2.33. The largest absolute Gasteiger partial charge is 0.495 e. The molecule has 19 heavy (non-hydrogen) atoms. The smallest absolute Gasteiger partial charge is 0.151 e. The number of sulfone groups is 1. The molecule has 1 aromatic carbocycles. The van der Waals surface area contributed by atoms with E-state index in [0.717, 1.165) is 0 Å². The van der Waals surface area contributed by atoms with Crippen LogP contribution in [0.25, 0.3) is 0 Å². The molecule has 0 radical (unpaired) electrons. The Morgan fingerprint density at radius 2 is 2.00 bits per heavy atom. The van der Waals surface area contributed by atoms with Crippen molar-refractivity contribution in [3.63, 3.8) is 0 Å². The number of hydrogen-bond acceptors (Lipinski definition) is 4. The van der Waals surface area contributed by atoms with Gasteiger partial charge in [-0.25, -0.2) is 8.42 Å². The van der Waals surface area contributed by atoms with Crippen molar-refractivity contribution < 1.29 is 13.2 Å². The van der Waals surface area contributed by atoms with Crippen LogP contribution in [-0.2, 0) is 9.84 Å². The van der Waals surface area contributed by atoms with Crippen molar-refractivity contribution in [2.24, 2.45) is 0 Å². The maximum atomic E-state index is 11.7. The van der Waals surface area contributed by atoms with Gasteiger partial charge in [-0.2, -0.15) is 0 Å². The minimum Gasteiger partial charge on any atom is -0.495 e. The zero-order valence-electron chi connectivity index (χ0n) is 11.2. The third-order valence-corrected chi connectivity index (χ3v) is 5.46. The minimum absolute atomic E-state index is 0.403.